The van der Waals surface area contributed by atoms with Crippen LogP contribution in [0.4, 0.5) is 10.9 Å². The van der Waals surface area contributed by atoms with E-state index in [1.54, 1.807) is 22.5 Å². The molecule has 0 aromatic carbocycles. The van der Waals surface area contributed by atoms with Crippen molar-refractivity contribution in [1.82, 2.24) is 24.3 Å². The lowest BCUT2D eigenvalue weighted by atomic mass is 10.0. The van der Waals surface area contributed by atoms with Gasteiger partial charge in [-0.05, 0) is 6.92 Å². The van der Waals surface area contributed by atoms with E-state index < -0.39 is 29.2 Å². The Morgan fingerprint density at radius 3 is 2.84 bits per heavy atom. The smallest absolute Gasteiger partial charge is 0.352 e. The van der Waals surface area contributed by atoms with Crippen LogP contribution >= 0.6 is 23.3 Å². The molecule has 4 heterocycles. The summed E-state index contributed by atoms with van der Waals surface area (Å²) in [7, 11) is 0. The molecule has 7 N–H and O–H groups in total. The van der Waals surface area contributed by atoms with Gasteiger partial charge in [0.25, 0.3) is 11.8 Å². The summed E-state index contributed by atoms with van der Waals surface area (Å²) in [5.41, 5.74) is 12.5. The number of carbonyl (C=O) groups is 3. The molecule has 15 nitrogen and oxygen atoms in total. The molecule has 2 aliphatic heterocycles. The molecular formula is C21H26N9O6S2+. The number of anilines is 2. The van der Waals surface area contributed by atoms with Gasteiger partial charge in [0, 0.05) is 22.9 Å². The minimum Gasteiger partial charge on any atom is -0.477 e. The first-order valence-electron chi connectivity index (χ1n) is 11.2. The average molecular weight is 565 g/mol. The number of thioether (sulfide) groups is 1. The molecule has 2 amide bonds. The second-order valence-corrected chi connectivity index (χ2v) is 10.1. The van der Waals surface area contributed by atoms with Crippen molar-refractivity contribution in [1.29, 1.82) is 0 Å². The van der Waals surface area contributed by atoms with Crippen molar-refractivity contribution in [3.05, 3.63) is 41.5 Å². The fraction of sp³-hybridized carbons (Fsp3) is 0.381. The molecule has 0 bridgehead atoms. The second-order valence-electron chi connectivity index (χ2n) is 8.24. The Morgan fingerprint density at radius 1 is 1.45 bits per heavy atom. The van der Waals surface area contributed by atoms with Crippen LogP contribution in [0.1, 0.15) is 11.4 Å². The van der Waals surface area contributed by atoms with E-state index in [9.17, 15) is 24.6 Å². The highest BCUT2D eigenvalue weighted by Crippen LogP contribution is 2.40. The van der Waals surface area contributed by atoms with Gasteiger partial charge in [-0.1, -0.05) is 17.8 Å². The lowest BCUT2D eigenvalue weighted by Crippen LogP contribution is -2.71. The molecule has 2 aromatic rings. The number of rotatable bonds is 11. The van der Waals surface area contributed by atoms with E-state index in [4.69, 9.17) is 16.3 Å². The number of amides is 2. The number of hydrogen-bond acceptors (Lipinski definition) is 12. The fourth-order valence-electron chi connectivity index (χ4n) is 4.06. The Bertz CT molecular complexity index is 1350. The molecular weight excluding hydrogens is 538 g/mol. The maximum absolute atomic E-state index is 13.1. The first-order valence-corrected chi connectivity index (χ1v) is 13.1. The summed E-state index contributed by atoms with van der Waals surface area (Å²) in [5, 5.41) is 25.2. The predicted octanol–water partition coefficient (Wildman–Crippen LogP) is -1.56. The van der Waals surface area contributed by atoms with E-state index in [0.29, 0.717) is 11.4 Å². The van der Waals surface area contributed by atoms with E-state index in [2.05, 4.69) is 26.4 Å². The van der Waals surface area contributed by atoms with Crippen LogP contribution < -0.4 is 21.5 Å². The van der Waals surface area contributed by atoms with Crippen LogP contribution in [0.5, 0.6) is 0 Å². The predicted molar refractivity (Wildman–Crippen MR) is 138 cm³/mol. The van der Waals surface area contributed by atoms with Crippen LogP contribution in [0.25, 0.3) is 0 Å². The molecule has 0 spiro atoms. The third-order valence-electron chi connectivity index (χ3n) is 5.75. The third kappa shape index (κ3) is 5.07. The number of carboxylic acids is 1. The molecule has 1 saturated heterocycles. The van der Waals surface area contributed by atoms with Crippen LogP contribution in [0.2, 0.25) is 0 Å². The van der Waals surface area contributed by atoms with Gasteiger partial charge in [-0.25, -0.2) is 4.79 Å². The molecule has 0 saturated carbocycles. The molecule has 17 heteroatoms. The SMILES string of the molecule is C=CCON=C(C(=O)N[C@@H]1C(=O)N2C(C(=O)O)=C(C[n+]3cc(C)c(N)n3CCO)CS[C@H]12)c1nsc(N)n1. The number of nitrogen functional groups attached to an aromatic ring is 2. The molecule has 202 valence electrons. The first-order chi connectivity index (χ1) is 18.2. The highest BCUT2D eigenvalue weighted by Gasteiger charge is 2.55. The number of aryl methyl sites for hydroxylation is 1. The molecule has 1 fully saturated rings. The normalized spacial score (nSPS) is 19.2. The highest BCUT2D eigenvalue weighted by atomic mass is 32.2. The summed E-state index contributed by atoms with van der Waals surface area (Å²) in [6.45, 7) is 5.55. The second kappa shape index (κ2) is 11.2. The molecule has 0 unspecified atom stereocenters. The quantitative estimate of drug-likeness (QED) is 0.0525. The number of carbonyl (C=O) groups excluding carboxylic acids is 2. The number of nitrogens with one attached hydrogen (secondary N) is 1. The minimum atomic E-state index is -1.27. The number of nitrogens with two attached hydrogens (primary N) is 2. The number of nitrogens with zero attached hydrogens (tertiary/aromatic N) is 6. The number of aliphatic carboxylic acids is 1. The molecule has 2 aliphatic rings. The molecule has 38 heavy (non-hydrogen) atoms. The maximum Gasteiger partial charge on any atom is 0.352 e. The van der Waals surface area contributed by atoms with Crippen LogP contribution in [-0.2, 0) is 32.3 Å². The van der Waals surface area contributed by atoms with Gasteiger partial charge in [0.15, 0.2) is 17.5 Å². The number of carboxylic acid groups (broad SMARTS) is 1. The van der Waals surface area contributed by atoms with Gasteiger partial charge in [-0.2, -0.15) is 9.36 Å². The summed E-state index contributed by atoms with van der Waals surface area (Å²) in [4.78, 5) is 48.5. The lowest BCUT2D eigenvalue weighted by Gasteiger charge is -2.49. The summed E-state index contributed by atoms with van der Waals surface area (Å²) in [6, 6.07) is -1.01. The number of oxime groups is 1. The van der Waals surface area contributed by atoms with Crippen molar-refractivity contribution >= 4 is 57.7 Å². The largest absolute Gasteiger partial charge is 0.477 e. The number of β-lactam (4-membered cyclic amide) rings is 1. The fourth-order valence-corrected chi connectivity index (χ4v) is 5.83. The minimum absolute atomic E-state index is 0.0193. The number of aromatic nitrogens is 4. The van der Waals surface area contributed by atoms with Gasteiger partial charge in [0.05, 0.1) is 12.2 Å². The molecule has 2 aromatic heterocycles. The van der Waals surface area contributed by atoms with Gasteiger partial charge in [0.1, 0.15) is 30.3 Å². The highest BCUT2D eigenvalue weighted by molar-refractivity contribution is 8.00. The van der Waals surface area contributed by atoms with Crippen LogP contribution in [0, 0.1) is 6.92 Å². The summed E-state index contributed by atoms with van der Waals surface area (Å²) >= 11 is 2.17. The van der Waals surface area contributed by atoms with Crippen molar-refractivity contribution in [3.63, 3.8) is 0 Å². The maximum atomic E-state index is 13.1. The van der Waals surface area contributed by atoms with Gasteiger partial charge in [-0.3, -0.25) is 14.5 Å². The van der Waals surface area contributed by atoms with E-state index in [1.807, 2.05) is 0 Å². The van der Waals surface area contributed by atoms with E-state index >= 15 is 0 Å². The Balaban J connectivity index is 1.55. The van der Waals surface area contributed by atoms with Gasteiger partial charge < -0.3 is 31.8 Å². The number of aliphatic hydroxyl groups excluding tert-OH is 1. The van der Waals surface area contributed by atoms with Crippen molar-refractivity contribution < 1.29 is 34.1 Å². The zero-order valence-electron chi connectivity index (χ0n) is 20.2. The van der Waals surface area contributed by atoms with Crippen molar-refractivity contribution in [3.8, 4) is 0 Å². The molecule has 0 radical (unpaired) electrons. The monoisotopic (exact) mass is 564 g/mol. The summed E-state index contributed by atoms with van der Waals surface area (Å²) in [6.07, 6.45) is 3.18. The Morgan fingerprint density at radius 2 is 2.21 bits per heavy atom. The lowest BCUT2D eigenvalue weighted by molar-refractivity contribution is -0.767. The zero-order valence-corrected chi connectivity index (χ0v) is 21.9. The van der Waals surface area contributed by atoms with Crippen LogP contribution in [0.15, 0.2) is 35.3 Å². The Labute approximate surface area is 224 Å². The standard InChI is InChI=1S/C21H25N9O6S2/c1-3-6-36-26-12(16-25-21(23)38-27-16)17(32)24-13-18(33)30-14(20(34)35)11(9-37-19(13)30)8-28-7-10(2)15(22)29(28)4-5-31/h3,7,13,19,22,31H,1,4-6,8-9H2,2H3,(H4,23,24,25,27,32,34,35)/p+1/t13-,19-/m1/s1. The summed E-state index contributed by atoms with van der Waals surface area (Å²) < 4.78 is 7.33. The van der Waals surface area contributed by atoms with Gasteiger partial charge in [-0.15, -0.1) is 21.1 Å². The van der Waals surface area contributed by atoms with Gasteiger partial charge in [0.2, 0.25) is 17.7 Å². The summed E-state index contributed by atoms with van der Waals surface area (Å²) in [5.74, 6) is -1.97. The Hall–Kier alpha value is -3.96. The van der Waals surface area contributed by atoms with Gasteiger partial charge >= 0.3 is 5.97 Å². The number of hydrogen-bond donors (Lipinski definition) is 5. The number of fused-ring (bicyclic) bond motifs is 1. The Kier molecular flexibility index (Phi) is 7.98. The van der Waals surface area contributed by atoms with Crippen molar-refractivity contribution in [2.75, 3.05) is 30.4 Å². The third-order valence-corrected chi connectivity index (χ3v) is 7.63. The van der Waals surface area contributed by atoms with Crippen molar-refractivity contribution in [2.45, 2.75) is 31.4 Å². The van der Waals surface area contributed by atoms with Crippen LogP contribution in [0.3, 0.4) is 0 Å². The molecule has 0 aliphatic carbocycles. The van der Waals surface area contributed by atoms with E-state index in [1.165, 1.54) is 17.8 Å². The van der Waals surface area contributed by atoms with Crippen molar-refractivity contribution in [2.24, 2.45) is 5.16 Å². The number of aliphatic hydroxyl groups is 1. The first kappa shape index (κ1) is 27.1. The zero-order chi connectivity index (χ0) is 27.6. The topological polar surface area (TPSA) is 215 Å². The van der Waals surface area contributed by atoms with E-state index in [-0.39, 0.29) is 54.4 Å². The molecule has 4 rings (SSSR count). The molecule has 2 atom stereocenters. The average Bonchev–Trinajstić information content (AvgIpc) is 3.42. The van der Waals surface area contributed by atoms with E-state index in [0.717, 1.165) is 22.0 Å². The van der Waals surface area contributed by atoms with Crippen LogP contribution in [-0.4, -0.2) is 83.0 Å².